The molecule has 0 saturated carbocycles. The van der Waals surface area contributed by atoms with Gasteiger partial charge in [0.05, 0.1) is 0 Å². The smallest absolute Gasteiger partial charge is 0.220 e. The standard InChI is InChI=1S/C3HF/c1-2-3-4/h1H. The Hall–Kier alpha value is -0.510. The predicted octanol–water partition coefficient (Wildman–Crippen LogP) is 0.628. The van der Waals surface area contributed by atoms with Crippen molar-refractivity contribution in [2.75, 3.05) is 0 Å². The third kappa shape index (κ3) is 1.49. The molecule has 0 atom stereocenters. The van der Waals surface area contributed by atoms with Gasteiger partial charge >= 0.3 is 0 Å². The van der Waals surface area contributed by atoms with Gasteiger partial charge in [-0.15, -0.1) is 6.42 Å². The average molecular weight is 56.0 g/mol. The molecule has 0 aromatic heterocycles. The summed E-state index contributed by atoms with van der Waals surface area (Å²) < 4.78 is 10.2. The van der Waals surface area contributed by atoms with Gasteiger partial charge in [-0.3, -0.25) is 0 Å². The van der Waals surface area contributed by atoms with Crippen LogP contribution in [0, 0.1) is 19.0 Å². The Morgan fingerprint density at radius 2 is 2.00 bits per heavy atom. The van der Waals surface area contributed by atoms with Gasteiger partial charge in [-0.25, -0.2) is 4.39 Å². The Labute approximate surface area is 24.6 Å². The van der Waals surface area contributed by atoms with Crippen LogP contribution >= 0.6 is 0 Å². The van der Waals surface area contributed by atoms with E-state index in [4.69, 9.17) is 0 Å². The average Bonchev–Trinajstić information content (AvgIpc) is 1.37. The summed E-state index contributed by atoms with van der Waals surface area (Å²) in [5, 5.41) is 0. The monoisotopic (exact) mass is 56.0 g/mol. The van der Waals surface area contributed by atoms with Crippen LogP contribution in [-0.2, 0) is 0 Å². The molecule has 0 saturated heterocycles. The highest BCUT2D eigenvalue weighted by Gasteiger charge is 1.55. The highest BCUT2D eigenvalue weighted by atomic mass is 19.1. The second-order valence-corrected chi connectivity index (χ2v) is 0.239. The fourth-order valence-corrected chi connectivity index (χ4v) is 0. The summed E-state index contributed by atoms with van der Waals surface area (Å²) in [6, 6.07) is 0. The summed E-state index contributed by atoms with van der Waals surface area (Å²) in [4.78, 5) is 0. The number of hydrogen-bond donors (Lipinski definition) is 0. The Bertz CT molecular complexity index is 33.0. The highest BCUT2D eigenvalue weighted by molar-refractivity contribution is 4.92. The van der Waals surface area contributed by atoms with Crippen LogP contribution in [0.3, 0.4) is 0 Å². The zero-order chi connectivity index (χ0) is 3.41. The van der Waals surface area contributed by atoms with Gasteiger partial charge in [-0.05, 0) is 0 Å². The van der Waals surface area contributed by atoms with Crippen LogP contribution in [-0.4, -0.2) is 0 Å². The second kappa shape index (κ2) is 2.49. The van der Waals surface area contributed by atoms with Crippen molar-refractivity contribution in [2.24, 2.45) is 0 Å². The van der Waals surface area contributed by atoms with E-state index in [1.807, 2.05) is 0 Å². The molecule has 0 rings (SSSR count). The van der Waals surface area contributed by atoms with E-state index in [0.717, 1.165) is 6.67 Å². The van der Waals surface area contributed by atoms with Gasteiger partial charge in [0.2, 0.25) is 0 Å². The number of halogens is 1. The van der Waals surface area contributed by atoms with Crippen molar-refractivity contribution in [3.63, 3.8) is 0 Å². The number of rotatable bonds is 0. The molecule has 1 heteroatoms. The van der Waals surface area contributed by atoms with Crippen molar-refractivity contribution in [1.82, 2.24) is 0 Å². The van der Waals surface area contributed by atoms with Gasteiger partial charge in [0.15, 0.2) is 0 Å². The molecule has 0 N–H and O–H groups in total. The molecule has 0 aromatic carbocycles. The predicted molar refractivity (Wildman–Crippen MR) is 13.2 cm³/mol. The van der Waals surface area contributed by atoms with Crippen LogP contribution < -0.4 is 0 Å². The van der Waals surface area contributed by atoms with E-state index in [9.17, 15) is 4.39 Å². The molecule has 0 nitrogen and oxygen atoms in total. The molecule has 20 valence electrons. The molecule has 2 radical (unpaired) electrons. The van der Waals surface area contributed by atoms with Crippen molar-refractivity contribution >= 4 is 0 Å². The first-order valence-electron chi connectivity index (χ1n) is 0.728. The van der Waals surface area contributed by atoms with Gasteiger partial charge < -0.3 is 0 Å². The van der Waals surface area contributed by atoms with Crippen LogP contribution in [0.25, 0.3) is 0 Å². The molecule has 0 aliphatic heterocycles. The first kappa shape index (κ1) is 3.49. The van der Waals surface area contributed by atoms with Crippen molar-refractivity contribution in [3.8, 4) is 12.3 Å². The van der Waals surface area contributed by atoms with Crippen molar-refractivity contribution in [2.45, 2.75) is 0 Å². The fourth-order valence-electron chi connectivity index (χ4n) is 0. The molecular weight excluding hydrogens is 55.0 g/mol. The van der Waals surface area contributed by atoms with Gasteiger partial charge in [0.25, 0.3) is 6.67 Å². The molecule has 4 heavy (non-hydrogen) atoms. The van der Waals surface area contributed by atoms with E-state index in [1.165, 1.54) is 5.92 Å². The first-order valence-corrected chi connectivity index (χ1v) is 0.728. The van der Waals surface area contributed by atoms with Gasteiger partial charge in [-0.1, -0.05) is 5.92 Å². The molecule has 0 aliphatic carbocycles. The highest BCUT2D eigenvalue weighted by Crippen LogP contribution is 1.62. The van der Waals surface area contributed by atoms with E-state index in [1.54, 1.807) is 0 Å². The van der Waals surface area contributed by atoms with Crippen LogP contribution in [0.1, 0.15) is 0 Å². The molecule has 0 bridgehead atoms. The lowest BCUT2D eigenvalue weighted by Crippen LogP contribution is -1.37. The number of terminal acetylenes is 1. The lowest BCUT2D eigenvalue weighted by atomic mass is 10.8. The molecule has 0 heterocycles. The SMILES string of the molecule is C#C[C]F. The summed E-state index contributed by atoms with van der Waals surface area (Å²) in [6.45, 7) is 0.958. The lowest BCUT2D eigenvalue weighted by molar-refractivity contribution is 0.665. The molecule has 0 spiro atoms. The van der Waals surface area contributed by atoms with E-state index in [2.05, 4.69) is 6.42 Å². The first-order chi connectivity index (χ1) is 1.91. The van der Waals surface area contributed by atoms with E-state index < -0.39 is 0 Å². The minimum atomic E-state index is 0.958. The molecule has 0 unspecified atom stereocenters. The zero-order valence-electron chi connectivity index (χ0n) is 1.96. The van der Waals surface area contributed by atoms with Gasteiger partial charge in [0.1, 0.15) is 0 Å². The zero-order valence-corrected chi connectivity index (χ0v) is 1.96. The second-order valence-electron chi connectivity index (χ2n) is 0.239. The quantitative estimate of drug-likeness (QED) is 0.357. The summed E-state index contributed by atoms with van der Waals surface area (Å²) in [7, 11) is 0. The third-order valence-electron chi connectivity index (χ3n) is 0.0546. The Morgan fingerprint density at radius 1 is 1.75 bits per heavy atom. The largest absolute Gasteiger partial charge is 0.269 e. The van der Waals surface area contributed by atoms with Crippen molar-refractivity contribution in [3.05, 3.63) is 6.67 Å². The molecule has 0 fully saturated rings. The minimum absolute atomic E-state index is 0.958. The molecule has 0 aliphatic rings. The summed E-state index contributed by atoms with van der Waals surface area (Å²) in [6.07, 6.45) is 4.29. The maximum absolute atomic E-state index is 10.2. The lowest BCUT2D eigenvalue weighted by Gasteiger charge is -1.44. The Balaban J connectivity index is 2.43. The molecular formula is C3HF. The normalized spacial score (nSPS) is 5.00. The van der Waals surface area contributed by atoms with E-state index >= 15 is 0 Å². The van der Waals surface area contributed by atoms with Gasteiger partial charge in [-0.2, -0.15) is 0 Å². The van der Waals surface area contributed by atoms with Crippen LogP contribution in [0.5, 0.6) is 0 Å². The number of hydrogen-bond acceptors (Lipinski definition) is 0. The van der Waals surface area contributed by atoms with Crippen molar-refractivity contribution < 1.29 is 4.39 Å². The maximum Gasteiger partial charge on any atom is 0.269 e. The molecule has 0 amide bonds. The van der Waals surface area contributed by atoms with Gasteiger partial charge in [0, 0.05) is 0 Å². The van der Waals surface area contributed by atoms with Crippen molar-refractivity contribution in [1.29, 1.82) is 0 Å². The summed E-state index contributed by atoms with van der Waals surface area (Å²) >= 11 is 0. The molecule has 0 aromatic rings. The Kier molecular flexibility index (Phi) is 2.17. The third-order valence-corrected chi connectivity index (χ3v) is 0.0546. The maximum atomic E-state index is 10.2. The summed E-state index contributed by atoms with van der Waals surface area (Å²) in [5.41, 5.74) is 0. The van der Waals surface area contributed by atoms with Crippen LogP contribution in [0.4, 0.5) is 4.39 Å². The summed E-state index contributed by atoms with van der Waals surface area (Å²) in [5.74, 6) is 1.51. The Morgan fingerprint density at radius 3 is 2.00 bits per heavy atom. The van der Waals surface area contributed by atoms with Crippen LogP contribution in [0.2, 0.25) is 0 Å². The van der Waals surface area contributed by atoms with E-state index in [-0.39, 0.29) is 0 Å². The van der Waals surface area contributed by atoms with E-state index in [0.29, 0.717) is 0 Å². The fraction of sp³-hybridized carbons (Fsp3) is 0. The minimum Gasteiger partial charge on any atom is -0.220 e. The van der Waals surface area contributed by atoms with Crippen LogP contribution in [0.15, 0.2) is 0 Å². The topological polar surface area (TPSA) is 0 Å².